The Morgan fingerprint density at radius 3 is 2.79 bits per heavy atom. The highest BCUT2D eigenvalue weighted by Gasteiger charge is 2.31. The molecule has 0 spiro atoms. The van der Waals surface area contributed by atoms with E-state index < -0.39 is 0 Å². The molecule has 0 bridgehead atoms. The molecular formula is C19H23Cl2N6O+. The Hall–Kier alpha value is -2.22. The van der Waals surface area contributed by atoms with Crippen molar-refractivity contribution in [2.45, 2.75) is 32.7 Å². The lowest BCUT2D eigenvalue weighted by molar-refractivity contribution is -0.621. The Kier molecular flexibility index (Phi) is 5.23. The van der Waals surface area contributed by atoms with Crippen LogP contribution in [0.4, 0.5) is 0 Å². The van der Waals surface area contributed by atoms with Gasteiger partial charge in [0.2, 0.25) is 11.6 Å². The maximum absolute atomic E-state index is 6.45. The predicted molar refractivity (Wildman–Crippen MR) is 108 cm³/mol. The van der Waals surface area contributed by atoms with Crippen LogP contribution in [0, 0.1) is 0 Å². The Balaban J connectivity index is 1.68. The molecule has 2 aromatic rings. The lowest BCUT2D eigenvalue weighted by Gasteiger charge is -2.38. The summed E-state index contributed by atoms with van der Waals surface area (Å²) in [5, 5.41) is 13.1. The lowest BCUT2D eigenvalue weighted by Crippen LogP contribution is -2.92. The summed E-state index contributed by atoms with van der Waals surface area (Å²) in [7, 11) is 0. The summed E-state index contributed by atoms with van der Waals surface area (Å²) in [5.41, 5.74) is 8.06. The van der Waals surface area contributed by atoms with Crippen LogP contribution in [0.3, 0.4) is 0 Å². The number of hydrogen-bond acceptors (Lipinski definition) is 6. The van der Waals surface area contributed by atoms with Crippen LogP contribution in [0.15, 0.2) is 40.2 Å². The van der Waals surface area contributed by atoms with Crippen LogP contribution in [0.25, 0.3) is 5.70 Å². The molecule has 0 fully saturated rings. The standard InChI is InChI=1S/C19H22Cl2N6O/c1-10(2)18-25-26-19(28-18)15-9-16-17(24-23-15)22-6-7-27(16)11(3)13-8-12(20)4-5-14(13)21/h4-5,8-11,22-24H,6-7H2,1-3H3/p+1. The largest absolute Gasteiger partial charge is 0.416 e. The molecule has 1 aromatic heterocycles. The molecule has 0 amide bonds. The minimum Gasteiger partial charge on any atom is -0.416 e. The first-order valence-corrected chi connectivity index (χ1v) is 10.0. The number of nitrogens with one attached hydrogen (secondary N) is 2. The Morgan fingerprint density at radius 2 is 2.04 bits per heavy atom. The third kappa shape index (κ3) is 3.57. The zero-order valence-corrected chi connectivity index (χ0v) is 17.5. The second kappa shape index (κ2) is 7.66. The van der Waals surface area contributed by atoms with Crippen LogP contribution in [0.1, 0.15) is 50.1 Å². The van der Waals surface area contributed by atoms with Crippen LogP contribution in [0.2, 0.25) is 10.0 Å². The van der Waals surface area contributed by atoms with Crippen molar-refractivity contribution < 1.29 is 9.84 Å². The van der Waals surface area contributed by atoms with Crippen LogP contribution in [-0.2, 0) is 0 Å². The molecule has 0 radical (unpaired) electrons. The summed E-state index contributed by atoms with van der Waals surface area (Å²) in [6.45, 7) is 7.83. The molecular weight excluding hydrogens is 399 g/mol. The van der Waals surface area contributed by atoms with Gasteiger partial charge in [-0.05, 0) is 30.7 Å². The van der Waals surface area contributed by atoms with Gasteiger partial charge in [-0.25, -0.2) is 10.9 Å². The van der Waals surface area contributed by atoms with Crippen molar-refractivity contribution >= 4 is 28.9 Å². The number of allylic oxidation sites excluding steroid dienone is 1. The first-order valence-electron chi connectivity index (χ1n) is 9.29. The van der Waals surface area contributed by atoms with E-state index in [1.54, 1.807) is 6.07 Å². The van der Waals surface area contributed by atoms with Crippen molar-refractivity contribution in [3.05, 3.63) is 63.2 Å². The van der Waals surface area contributed by atoms with E-state index in [1.807, 2.05) is 31.4 Å². The summed E-state index contributed by atoms with van der Waals surface area (Å²) in [4.78, 5) is 2.29. The number of nitrogens with zero attached hydrogens (tertiary/aromatic N) is 3. The molecule has 9 heteroatoms. The second-order valence-corrected chi connectivity index (χ2v) is 8.05. The fourth-order valence-electron chi connectivity index (χ4n) is 3.39. The van der Waals surface area contributed by atoms with Gasteiger partial charge in [0.15, 0.2) is 5.82 Å². The molecule has 0 saturated heterocycles. The number of rotatable bonds is 4. The van der Waals surface area contributed by atoms with Gasteiger partial charge in [-0.3, -0.25) is 0 Å². The number of aromatic nitrogens is 2. The molecule has 7 nitrogen and oxygen atoms in total. The average molecular weight is 422 g/mol. The molecule has 2 aliphatic heterocycles. The highest BCUT2D eigenvalue weighted by atomic mass is 35.5. The van der Waals surface area contributed by atoms with Gasteiger partial charge in [-0.1, -0.05) is 37.0 Å². The molecule has 0 aliphatic carbocycles. The first-order chi connectivity index (χ1) is 13.4. The normalized spacial score (nSPS) is 17.8. The number of quaternary nitrogens is 1. The van der Waals surface area contributed by atoms with Gasteiger partial charge in [-0.2, -0.15) is 0 Å². The van der Waals surface area contributed by atoms with Crippen molar-refractivity contribution in [2.24, 2.45) is 0 Å². The Labute approximate surface area is 173 Å². The SMILES string of the molecule is CC(C)c1nnc(C2=CC3=C(NCCN3C(C)c3cc(Cl)ccc3Cl)N[NH2+]2)o1. The van der Waals surface area contributed by atoms with Crippen molar-refractivity contribution in [1.82, 2.24) is 25.8 Å². The molecule has 1 aromatic carbocycles. The van der Waals surface area contributed by atoms with E-state index in [0.717, 1.165) is 35.9 Å². The molecule has 4 N–H and O–H groups in total. The van der Waals surface area contributed by atoms with E-state index in [4.69, 9.17) is 27.6 Å². The van der Waals surface area contributed by atoms with Crippen LogP contribution in [-0.4, -0.2) is 28.2 Å². The smallest absolute Gasteiger partial charge is 0.305 e. The third-order valence-corrected chi connectivity index (χ3v) is 5.52. The lowest BCUT2D eigenvalue weighted by atomic mass is 10.0. The fourth-order valence-corrected chi connectivity index (χ4v) is 3.84. The number of hydrogen-bond donors (Lipinski definition) is 3. The highest BCUT2D eigenvalue weighted by molar-refractivity contribution is 6.33. The summed E-state index contributed by atoms with van der Waals surface area (Å²) < 4.78 is 5.82. The maximum atomic E-state index is 6.45. The second-order valence-electron chi connectivity index (χ2n) is 7.21. The van der Waals surface area contributed by atoms with E-state index in [0.29, 0.717) is 21.8 Å². The Morgan fingerprint density at radius 1 is 1.21 bits per heavy atom. The molecule has 148 valence electrons. The van der Waals surface area contributed by atoms with Gasteiger partial charge in [0.25, 0.3) is 0 Å². The van der Waals surface area contributed by atoms with Gasteiger partial charge in [-0.15, -0.1) is 10.2 Å². The van der Waals surface area contributed by atoms with Crippen LogP contribution < -0.4 is 16.2 Å². The minimum absolute atomic E-state index is 0.0459. The molecule has 0 saturated carbocycles. The van der Waals surface area contributed by atoms with E-state index in [1.165, 1.54) is 0 Å². The molecule has 4 rings (SSSR count). The summed E-state index contributed by atoms with van der Waals surface area (Å²) in [6.07, 6.45) is 2.06. The van der Waals surface area contributed by atoms with Gasteiger partial charge in [0, 0.05) is 35.1 Å². The summed E-state index contributed by atoms with van der Waals surface area (Å²) >= 11 is 12.7. The quantitative estimate of drug-likeness (QED) is 0.658. The van der Waals surface area contributed by atoms with Crippen molar-refractivity contribution in [1.29, 1.82) is 0 Å². The van der Waals surface area contributed by atoms with Crippen molar-refractivity contribution in [2.75, 3.05) is 13.1 Å². The molecule has 1 unspecified atom stereocenters. The maximum Gasteiger partial charge on any atom is 0.305 e. The molecule has 28 heavy (non-hydrogen) atoms. The number of nitrogens with two attached hydrogens (primary N) is 1. The predicted octanol–water partition coefficient (Wildman–Crippen LogP) is 2.76. The van der Waals surface area contributed by atoms with Crippen molar-refractivity contribution in [3.63, 3.8) is 0 Å². The number of halogens is 2. The summed E-state index contributed by atoms with van der Waals surface area (Å²) in [5.74, 6) is 2.26. The molecule has 3 heterocycles. The topological polar surface area (TPSA) is 82.8 Å². The monoisotopic (exact) mass is 421 g/mol. The molecule has 1 atom stereocenters. The van der Waals surface area contributed by atoms with Gasteiger partial charge < -0.3 is 14.6 Å². The van der Waals surface area contributed by atoms with E-state index >= 15 is 0 Å². The van der Waals surface area contributed by atoms with Crippen LogP contribution >= 0.6 is 23.2 Å². The van der Waals surface area contributed by atoms with Crippen molar-refractivity contribution in [3.8, 4) is 0 Å². The summed E-state index contributed by atoms with van der Waals surface area (Å²) in [6, 6.07) is 5.62. The van der Waals surface area contributed by atoms with E-state index in [2.05, 4.69) is 38.8 Å². The van der Waals surface area contributed by atoms with Gasteiger partial charge >= 0.3 is 5.89 Å². The average Bonchev–Trinajstić information content (AvgIpc) is 3.19. The van der Waals surface area contributed by atoms with E-state index in [9.17, 15) is 0 Å². The third-order valence-electron chi connectivity index (χ3n) is 4.94. The number of benzene rings is 1. The molecule has 2 aliphatic rings. The fraction of sp³-hybridized carbons (Fsp3) is 0.368. The highest BCUT2D eigenvalue weighted by Crippen LogP contribution is 2.34. The zero-order valence-electron chi connectivity index (χ0n) is 16.0. The minimum atomic E-state index is 0.0459. The van der Waals surface area contributed by atoms with Gasteiger partial charge in [0.1, 0.15) is 0 Å². The Bertz CT molecular complexity index is 952. The zero-order chi connectivity index (χ0) is 19.8. The first kappa shape index (κ1) is 19.1. The van der Waals surface area contributed by atoms with Crippen LogP contribution in [0.5, 0.6) is 0 Å². The van der Waals surface area contributed by atoms with E-state index in [-0.39, 0.29) is 12.0 Å². The van der Waals surface area contributed by atoms with Gasteiger partial charge in [0.05, 0.1) is 11.7 Å².